The van der Waals surface area contributed by atoms with E-state index in [0.717, 1.165) is 5.56 Å². The predicted octanol–water partition coefficient (Wildman–Crippen LogP) is 3.94. The molecule has 0 N–H and O–H groups in total. The van der Waals surface area contributed by atoms with Gasteiger partial charge in [-0.25, -0.2) is 4.98 Å². The molecular weight excluding hydrogens is 258 g/mol. The van der Waals surface area contributed by atoms with Gasteiger partial charge in [0.15, 0.2) is 5.76 Å². The van der Waals surface area contributed by atoms with E-state index in [-0.39, 0.29) is 5.78 Å². The van der Waals surface area contributed by atoms with Crippen LogP contribution >= 0.6 is 11.3 Å². The standard InChI is InChI=1S/C15H11NO2S/c1-10-4-6-11(7-5-10)13-15(19-9-16-13)14(17)12-3-2-8-18-12/h2-9H,1H3. The Morgan fingerprint density at radius 1 is 1.21 bits per heavy atom. The van der Waals surface area contributed by atoms with E-state index < -0.39 is 0 Å². The average molecular weight is 269 g/mol. The van der Waals surface area contributed by atoms with Crippen molar-refractivity contribution in [1.29, 1.82) is 0 Å². The van der Waals surface area contributed by atoms with Crippen LogP contribution in [0.4, 0.5) is 0 Å². The van der Waals surface area contributed by atoms with Gasteiger partial charge in [-0.05, 0) is 19.1 Å². The number of hydrogen-bond acceptors (Lipinski definition) is 4. The van der Waals surface area contributed by atoms with Crippen molar-refractivity contribution in [2.75, 3.05) is 0 Å². The first-order valence-corrected chi connectivity index (χ1v) is 6.72. The Morgan fingerprint density at radius 3 is 2.68 bits per heavy atom. The van der Waals surface area contributed by atoms with Crippen LogP contribution in [0.1, 0.15) is 21.0 Å². The van der Waals surface area contributed by atoms with Crippen molar-refractivity contribution in [1.82, 2.24) is 4.98 Å². The van der Waals surface area contributed by atoms with Crippen LogP contribution in [0, 0.1) is 6.92 Å². The monoisotopic (exact) mass is 269 g/mol. The average Bonchev–Trinajstić information content (AvgIpc) is 3.10. The first kappa shape index (κ1) is 11.9. The highest BCUT2D eigenvalue weighted by atomic mass is 32.1. The molecule has 19 heavy (non-hydrogen) atoms. The van der Waals surface area contributed by atoms with E-state index in [2.05, 4.69) is 4.98 Å². The molecule has 0 bridgehead atoms. The van der Waals surface area contributed by atoms with E-state index in [4.69, 9.17) is 4.42 Å². The van der Waals surface area contributed by atoms with Gasteiger partial charge in [-0.1, -0.05) is 29.8 Å². The summed E-state index contributed by atoms with van der Waals surface area (Å²) in [5.74, 6) is 0.223. The molecule has 0 fully saturated rings. The molecule has 0 saturated carbocycles. The van der Waals surface area contributed by atoms with Crippen LogP contribution in [-0.4, -0.2) is 10.8 Å². The van der Waals surface area contributed by atoms with Gasteiger partial charge in [-0.15, -0.1) is 11.3 Å². The maximum Gasteiger partial charge on any atom is 0.240 e. The summed E-state index contributed by atoms with van der Waals surface area (Å²) < 4.78 is 5.16. The normalized spacial score (nSPS) is 10.6. The zero-order valence-corrected chi connectivity index (χ0v) is 11.1. The molecule has 0 saturated heterocycles. The molecule has 3 aromatic rings. The van der Waals surface area contributed by atoms with Crippen LogP contribution in [0.15, 0.2) is 52.6 Å². The highest BCUT2D eigenvalue weighted by Crippen LogP contribution is 2.28. The van der Waals surface area contributed by atoms with Gasteiger partial charge in [-0.2, -0.15) is 0 Å². The van der Waals surface area contributed by atoms with Gasteiger partial charge >= 0.3 is 0 Å². The Bertz CT molecular complexity index is 696. The van der Waals surface area contributed by atoms with Crippen LogP contribution in [0.5, 0.6) is 0 Å². The molecule has 94 valence electrons. The largest absolute Gasteiger partial charge is 0.461 e. The first-order chi connectivity index (χ1) is 9.25. The van der Waals surface area contributed by atoms with Crippen molar-refractivity contribution in [3.8, 4) is 11.3 Å². The maximum absolute atomic E-state index is 12.3. The minimum Gasteiger partial charge on any atom is -0.461 e. The van der Waals surface area contributed by atoms with Crippen molar-refractivity contribution >= 4 is 17.1 Å². The molecule has 0 amide bonds. The number of thiazole rings is 1. The molecule has 1 aromatic carbocycles. The zero-order chi connectivity index (χ0) is 13.2. The molecule has 3 rings (SSSR count). The summed E-state index contributed by atoms with van der Waals surface area (Å²) in [4.78, 5) is 17.2. The fraction of sp³-hybridized carbons (Fsp3) is 0.0667. The summed E-state index contributed by atoms with van der Waals surface area (Å²) in [6, 6.07) is 11.3. The van der Waals surface area contributed by atoms with Gasteiger partial charge in [0.25, 0.3) is 0 Å². The smallest absolute Gasteiger partial charge is 0.240 e. The SMILES string of the molecule is Cc1ccc(-c2ncsc2C(=O)c2ccco2)cc1. The molecule has 2 aromatic heterocycles. The molecule has 0 aliphatic heterocycles. The Hall–Kier alpha value is -2.20. The highest BCUT2D eigenvalue weighted by Gasteiger charge is 2.19. The number of carbonyl (C=O) groups excluding carboxylic acids is 1. The van der Waals surface area contributed by atoms with Crippen LogP contribution < -0.4 is 0 Å². The maximum atomic E-state index is 12.3. The molecule has 0 atom stereocenters. The molecule has 4 heteroatoms. The third kappa shape index (κ3) is 2.22. The summed E-state index contributed by atoms with van der Waals surface area (Å²) in [5, 5.41) is 0. The number of carbonyl (C=O) groups is 1. The van der Waals surface area contributed by atoms with Crippen molar-refractivity contribution in [3.63, 3.8) is 0 Å². The van der Waals surface area contributed by atoms with Crippen LogP contribution in [-0.2, 0) is 0 Å². The van der Waals surface area contributed by atoms with Crippen LogP contribution in [0.2, 0.25) is 0 Å². The lowest BCUT2D eigenvalue weighted by Gasteiger charge is -2.01. The molecule has 0 unspecified atom stereocenters. The minimum absolute atomic E-state index is 0.122. The van der Waals surface area contributed by atoms with Crippen LogP contribution in [0.25, 0.3) is 11.3 Å². The van der Waals surface area contributed by atoms with Gasteiger partial charge in [0.05, 0.1) is 17.5 Å². The van der Waals surface area contributed by atoms with Gasteiger partial charge < -0.3 is 4.42 Å². The third-order valence-electron chi connectivity index (χ3n) is 2.84. The number of ketones is 1. The lowest BCUT2D eigenvalue weighted by Crippen LogP contribution is -1.99. The number of rotatable bonds is 3. The quantitative estimate of drug-likeness (QED) is 0.676. The van der Waals surface area contributed by atoms with E-state index in [1.807, 2.05) is 31.2 Å². The number of benzene rings is 1. The first-order valence-electron chi connectivity index (χ1n) is 5.84. The lowest BCUT2D eigenvalue weighted by atomic mass is 10.1. The van der Waals surface area contributed by atoms with Crippen molar-refractivity contribution < 1.29 is 9.21 Å². The Kier molecular flexibility index (Phi) is 3.01. The highest BCUT2D eigenvalue weighted by molar-refractivity contribution is 7.12. The molecule has 3 nitrogen and oxygen atoms in total. The van der Waals surface area contributed by atoms with E-state index in [1.165, 1.54) is 23.2 Å². The summed E-state index contributed by atoms with van der Waals surface area (Å²) in [5.41, 5.74) is 4.52. The van der Waals surface area contributed by atoms with Gasteiger partial charge in [-0.3, -0.25) is 4.79 Å². The molecule has 0 spiro atoms. The second-order valence-corrected chi connectivity index (χ2v) is 5.06. The summed E-state index contributed by atoms with van der Waals surface area (Å²) in [7, 11) is 0. The van der Waals surface area contributed by atoms with Gasteiger partial charge in [0, 0.05) is 5.56 Å². The van der Waals surface area contributed by atoms with Gasteiger partial charge in [0.1, 0.15) is 4.88 Å². The molecule has 0 radical (unpaired) electrons. The number of furan rings is 1. The molecule has 0 aliphatic carbocycles. The fourth-order valence-corrected chi connectivity index (χ4v) is 2.60. The van der Waals surface area contributed by atoms with Crippen LogP contribution in [0.3, 0.4) is 0 Å². The van der Waals surface area contributed by atoms with Crippen molar-refractivity contribution in [2.45, 2.75) is 6.92 Å². The van der Waals surface area contributed by atoms with E-state index in [9.17, 15) is 4.79 Å². The second-order valence-electron chi connectivity index (χ2n) is 4.20. The van der Waals surface area contributed by atoms with Gasteiger partial charge in [0.2, 0.25) is 5.78 Å². The third-order valence-corrected chi connectivity index (χ3v) is 3.67. The van der Waals surface area contributed by atoms with E-state index >= 15 is 0 Å². The Morgan fingerprint density at radius 2 is 2.00 bits per heavy atom. The predicted molar refractivity (Wildman–Crippen MR) is 74.4 cm³/mol. The number of nitrogens with zero attached hydrogens (tertiary/aromatic N) is 1. The Labute approximate surface area is 114 Å². The van der Waals surface area contributed by atoms with E-state index in [0.29, 0.717) is 16.3 Å². The Balaban J connectivity index is 2.03. The summed E-state index contributed by atoms with van der Waals surface area (Å²) >= 11 is 1.33. The molecular formula is C15H11NO2S. The summed E-state index contributed by atoms with van der Waals surface area (Å²) in [6.45, 7) is 2.03. The fourth-order valence-electron chi connectivity index (χ4n) is 1.84. The molecule has 2 heterocycles. The summed E-state index contributed by atoms with van der Waals surface area (Å²) in [6.07, 6.45) is 1.50. The zero-order valence-electron chi connectivity index (χ0n) is 10.3. The second kappa shape index (κ2) is 4.82. The molecule has 0 aliphatic rings. The number of aryl methyl sites for hydroxylation is 1. The topological polar surface area (TPSA) is 43.1 Å². The van der Waals surface area contributed by atoms with E-state index in [1.54, 1.807) is 17.6 Å². The van der Waals surface area contributed by atoms with Crippen molar-refractivity contribution in [3.05, 3.63) is 64.4 Å². The number of aromatic nitrogens is 1. The lowest BCUT2D eigenvalue weighted by molar-refractivity contribution is 0.101. The minimum atomic E-state index is -0.122. The van der Waals surface area contributed by atoms with Crippen molar-refractivity contribution in [2.24, 2.45) is 0 Å². The number of hydrogen-bond donors (Lipinski definition) is 0.